The van der Waals surface area contributed by atoms with Crippen molar-refractivity contribution in [3.63, 3.8) is 0 Å². The predicted octanol–water partition coefficient (Wildman–Crippen LogP) is 2.88. The van der Waals surface area contributed by atoms with E-state index in [0.29, 0.717) is 5.92 Å². The molecule has 7 heteroatoms. The van der Waals surface area contributed by atoms with Crippen LogP contribution in [0.5, 0.6) is 0 Å². The number of thiophene rings is 1. The summed E-state index contributed by atoms with van der Waals surface area (Å²) in [7, 11) is 6.11. The van der Waals surface area contributed by atoms with Gasteiger partial charge in [0.05, 0.1) is 11.4 Å². The lowest BCUT2D eigenvalue weighted by Crippen LogP contribution is -2.43. The molecule has 1 N–H and O–H groups in total. The number of rotatable bonds is 5. The summed E-state index contributed by atoms with van der Waals surface area (Å²) in [5.41, 5.74) is 1.40. The fraction of sp³-hybridized carbons (Fsp3) is 0.650. The second-order valence-electron chi connectivity index (χ2n) is 8.23. The van der Waals surface area contributed by atoms with Gasteiger partial charge < -0.3 is 14.8 Å². The highest BCUT2D eigenvalue weighted by molar-refractivity contribution is 7.14. The largest absolute Gasteiger partial charge is 0.349 e. The van der Waals surface area contributed by atoms with Gasteiger partial charge in [-0.15, -0.1) is 21.5 Å². The molecule has 0 saturated heterocycles. The van der Waals surface area contributed by atoms with E-state index in [1.807, 2.05) is 21.1 Å². The highest BCUT2D eigenvalue weighted by atomic mass is 32.1. The highest BCUT2D eigenvalue weighted by Gasteiger charge is 2.35. The van der Waals surface area contributed by atoms with Crippen LogP contribution in [0.4, 0.5) is 0 Å². The van der Waals surface area contributed by atoms with Crippen LogP contribution in [0, 0.1) is 0 Å². The van der Waals surface area contributed by atoms with Crippen LogP contribution in [-0.4, -0.2) is 45.7 Å². The molecule has 2 aliphatic carbocycles. The number of nitrogens with zero attached hydrogens (tertiary/aromatic N) is 4. The maximum absolute atomic E-state index is 12.6. The van der Waals surface area contributed by atoms with Gasteiger partial charge in [0.25, 0.3) is 5.91 Å². The van der Waals surface area contributed by atoms with Gasteiger partial charge in [0.1, 0.15) is 11.6 Å². The van der Waals surface area contributed by atoms with Gasteiger partial charge in [0.15, 0.2) is 0 Å². The van der Waals surface area contributed by atoms with Crippen molar-refractivity contribution in [1.82, 2.24) is 25.0 Å². The van der Waals surface area contributed by atoms with Crippen LogP contribution in [-0.2, 0) is 26.4 Å². The summed E-state index contributed by atoms with van der Waals surface area (Å²) in [6, 6.07) is 2.38. The fourth-order valence-corrected chi connectivity index (χ4v) is 5.29. The molecular formula is C20H29N5OS. The average molecular weight is 388 g/mol. The van der Waals surface area contributed by atoms with Crippen molar-refractivity contribution < 1.29 is 4.79 Å². The molecule has 1 saturated carbocycles. The number of fused-ring (bicyclic) bond motifs is 1. The molecule has 1 amide bonds. The Hall–Kier alpha value is -1.73. The monoisotopic (exact) mass is 387 g/mol. The van der Waals surface area contributed by atoms with Crippen LogP contribution in [0.1, 0.15) is 69.8 Å². The van der Waals surface area contributed by atoms with E-state index in [4.69, 9.17) is 0 Å². The van der Waals surface area contributed by atoms with E-state index in [0.717, 1.165) is 48.8 Å². The molecule has 0 aromatic carbocycles. The zero-order valence-corrected chi connectivity index (χ0v) is 17.3. The minimum atomic E-state index is 0.0998. The van der Waals surface area contributed by atoms with Crippen molar-refractivity contribution in [2.45, 2.75) is 63.5 Å². The Morgan fingerprint density at radius 1 is 1.26 bits per heavy atom. The summed E-state index contributed by atoms with van der Waals surface area (Å²) in [6.45, 7) is 0.791. The Morgan fingerprint density at radius 3 is 2.81 bits per heavy atom. The molecule has 0 bridgehead atoms. The van der Waals surface area contributed by atoms with Crippen molar-refractivity contribution in [3.05, 3.63) is 33.0 Å². The molecule has 27 heavy (non-hydrogen) atoms. The molecule has 1 fully saturated rings. The third kappa shape index (κ3) is 3.94. The minimum Gasteiger partial charge on any atom is -0.349 e. The molecule has 4 rings (SSSR count). The van der Waals surface area contributed by atoms with Gasteiger partial charge in [-0.25, -0.2) is 0 Å². The first kappa shape index (κ1) is 18.6. The standard InChI is InChI=1S/C20H29N5OS/c1-24(2)12-18-22-23-19(25(18)3)14-9-15(10-14)21-20(26)17-11-13-7-5-4-6-8-16(13)27-17/h11,14-15H,4-10,12H2,1-3H3,(H,21,26). The van der Waals surface area contributed by atoms with Crippen LogP contribution in [0.3, 0.4) is 0 Å². The Kier molecular flexibility index (Phi) is 5.32. The first-order chi connectivity index (χ1) is 13.0. The van der Waals surface area contributed by atoms with Crippen LogP contribution in [0.2, 0.25) is 0 Å². The normalized spacial score (nSPS) is 22.2. The molecule has 6 nitrogen and oxygen atoms in total. The van der Waals surface area contributed by atoms with Crippen molar-refractivity contribution >= 4 is 17.2 Å². The summed E-state index contributed by atoms with van der Waals surface area (Å²) >= 11 is 1.70. The van der Waals surface area contributed by atoms with Gasteiger partial charge in [-0.05, 0) is 64.3 Å². The molecule has 146 valence electrons. The zero-order chi connectivity index (χ0) is 19.0. The van der Waals surface area contributed by atoms with Gasteiger partial charge >= 0.3 is 0 Å². The average Bonchev–Trinajstić information content (AvgIpc) is 3.07. The van der Waals surface area contributed by atoms with E-state index in [1.165, 1.54) is 29.7 Å². The third-order valence-corrected chi connectivity index (χ3v) is 7.00. The predicted molar refractivity (Wildman–Crippen MR) is 107 cm³/mol. The van der Waals surface area contributed by atoms with E-state index in [1.54, 1.807) is 11.3 Å². The van der Waals surface area contributed by atoms with Gasteiger partial charge in [-0.3, -0.25) is 4.79 Å². The Morgan fingerprint density at radius 2 is 2.04 bits per heavy atom. The topological polar surface area (TPSA) is 63.1 Å². The lowest BCUT2D eigenvalue weighted by Gasteiger charge is -2.34. The second-order valence-corrected chi connectivity index (χ2v) is 9.37. The van der Waals surface area contributed by atoms with E-state index in [-0.39, 0.29) is 11.9 Å². The summed E-state index contributed by atoms with van der Waals surface area (Å²) in [6.07, 6.45) is 7.99. The molecule has 2 aliphatic rings. The summed E-state index contributed by atoms with van der Waals surface area (Å²) in [4.78, 5) is 17.1. The van der Waals surface area contributed by atoms with Crippen molar-refractivity contribution in [1.29, 1.82) is 0 Å². The summed E-state index contributed by atoms with van der Waals surface area (Å²) in [5, 5.41) is 11.9. The number of aryl methyl sites for hydroxylation is 2. The number of hydrogen-bond donors (Lipinski definition) is 1. The van der Waals surface area contributed by atoms with Crippen LogP contribution < -0.4 is 5.32 Å². The van der Waals surface area contributed by atoms with Crippen molar-refractivity contribution in [3.8, 4) is 0 Å². The maximum atomic E-state index is 12.6. The molecule has 0 spiro atoms. The molecule has 0 aliphatic heterocycles. The molecular weight excluding hydrogens is 358 g/mol. The SMILES string of the molecule is CN(C)Cc1nnc(C2CC(NC(=O)c3cc4c(s3)CCCCC4)C2)n1C. The molecule has 0 radical (unpaired) electrons. The van der Waals surface area contributed by atoms with Crippen LogP contribution in [0.25, 0.3) is 0 Å². The number of aromatic nitrogens is 3. The lowest BCUT2D eigenvalue weighted by atomic mass is 9.79. The Bertz CT molecular complexity index is 795. The van der Waals surface area contributed by atoms with Gasteiger partial charge in [-0.2, -0.15) is 0 Å². The molecule has 2 aromatic rings. The van der Waals surface area contributed by atoms with E-state index < -0.39 is 0 Å². The van der Waals surface area contributed by atoms with E-state index in [9.17, 15) is 4.79 Å². The van der Waals surface area contributed by atoms with Crippen LogP contribution in [0.15, 0.2) is 6.07 Å². The first-order valence-electron chi connectivity index (χ1n) is 9.96. The number of hydrogen-bond acceptors (Lipinski definition) is 5. The van der Waals surface area contributed by atoms with Gasteiger partial charge in [-0.1, -0.05) is 6.42 Å². The fourth-order valence-electron chi connectivity index (χ4n) is 4.13. The van der Waals surface area contributed by atoms with Crippen LogP contribution >= 0.6 is 11.3 Å². The smallest absolute Gasteiger partial charge is 0.261 e. The van der Waals surface area contributed by atoms with Crippen molar-refractivity contribution in [2.24, 2.45) is 7.05 Å². The number of nitrogens with one attached hydrogen (secondary N) is 1. The molecule has 0 unspecified atom stereocenters. The van der Waals surface area contributed by atoms with E-state index in [2.05, 4.69) is 31.0 Å². The van der Waals surface area contributed by atoms with Gasteiger partial charge in [0, 0.05) is 23.9 Å². The number of carbonyl (C=O) groups is 1. The number of carbonyl (C=O) groups excluding carboxylic acids is 1. The Labute approximate surface area is 165 Å². The summed E-state index contributed by atoms with van der Waals surface area (Å²) < 4.78 is 2.11. The minimum absolute atomic E-state index is 0.0998. The quantitative estimate of drug-likeness (QED) is 0.802. The first-order valence-corrected chi connectivity index (χ1v) is 10.8. The third-order valence-electron chi connectivity index (χ3n) is 5.77. The molecule has 0 atom stereocenters. The lowest BCUT2D eigenvalue weighted by molar-refractivity contribution is 0.0911. The molecule has 2 aromatic heterocycles. The van der Waals surface area contributed by atoms with E-state index >= 15 is 0 Å². The zero-order valence-electron chi connectivity index (χ0n) is 16.5. The maximum Gasteiger partial charge on any atom is 0.261 e. The highest BCUT2D eigenvalue weighted by Crippen LogP contribution is 2.36. The van der Waals surface area contributed by atoms with Crippen molar-refractivity contribution in [2.75, 3.05) is 14.1 Å². The van der Waals surface area contributed by atoms with Gasteiger partial charge in [0.2, 0.25) is 0 Å². The number of amides is 1. The second kappa shape index (κ2) is 7.72. The Balaban J connectivity index is 1.33. The summed E-state index contributed by atoms with van der Waals surface area (Å²) in [5.74, 6) is 2.52. The molecule has 2 heterocycles.